The fourth-order valence-corrected chi connectivity index (χ4v) is 9.23. The molecular weight excluding hydrogens is 1010 g/mol. The Morgan fingerprint density at radius 1 is 0.383 bits per heavy atom. The molecule has 81 heavy (non-hydrogen) atoms. The van der Waals surface area contributed by atoms with Gasteiger partial charge in [-0.15, -0.1) is 0 Å². The molecule has 9 heteroatoms. The number of esters is 2. The summed E-state index contributed by atoms with van der Waals surface area (Å²) in [6, 6.07) is 0. The third kappa shape index (κ3) is 63.6. The van der Waals surface area contributed by atoms with Crippen LogP contribution in [-0.4, -0.2) is 87.4 Å². The molecule has 0 aromatic rings. The van der Waals surface area contributed by atoms with Crippen molar-refractivity contribution in [2.45, 2.75) is 296 Å². The highest BCUT2D eigenvalue weighted by atomic mass is 16.7. The van der Waals surface area contributed by atoms with Gasteiger partial charge in [0.15, 0.2) is 6.10 Å². The quantitative estimate of drug-likeness (QED) is 0.0211. The lowest BCUT2D eigenvalue weighted by atomic mass is 10.0. The zero-order valence-electron chi connectivity index (χ0n) is 53.2. The van der Waals surface area contributed by atoms with Crippen molar-refractivity contribution in [1.82, 2.24) is 0 Å². The largest absolute Gasteiger partial charge is 0.477 e. The van der Waals surface area contributed by atoms with E-state index >= 15 is 0 Å². The number of carboxylic acids is 1. The van der Waals surface area contributed by atoms with Crippen LogP contribution in [0.1, 0.15) is 284 Å². The molecular formula is C72H126NO8+. The monoisotopic (exact) mass is 1130 g/mol. The number of quaternary nitrogens is 1. The summed E-state index contributed by atoms with van der Waals surface area (Å²) in [5, 5.41) is 9.74. The molecule has 0 aliphatic rings. The van der Waals surface area contributed by atoms with E-state index in [1.54, 1.807) is 0 Å². The van der Waals surface area contributed by atoms with Gasteiger partial charge in [-0.2, -0.15) is 0 Å². The van der Waals surface area contributed by atoms with Crippen molar-refractivity contribution in [3.63, 3.8) is 0 Å². The van der Waals surface area contributed by atoms with Crippen molar-refractivity contribution >= 4 is 17.9 Å². The number of nitrogens with zero attached hydrogens (tertiary/aromatic N) is 1. The number of carboxylic acid groups (broad SMARTS) is 1. The lowest BCUT2D eigenvalue weighted by Crippen LogP contribution is -2.40. The molecule has 0 aromatic carbocycles. The Labute approximate surface area is 499 Å². The first-order chi connectivity index (χ1) is 39.6. The molecule has 9 nitrogen and oxygen atoms in total. The van der Waals surface area contributed by atoms with Crippen LogP contribution in [-0.2, 0) is 33.3 Å². The molecule has 0 aliphatic carbocycles. The number of carbonyl (C=O) groups is 3. The normalized spacial score (nSPS) is 13.3. The lowest BCUT2D eigenvalue weighted by molar-refractivity contribution is -0.870. The predicted octanol–water partition coefficient (Wildman–Crippen LogP) is 20.5. The Morgan fingerprint density at radius 2 is 0.704 bits per heavy atom. The third-order valence-electron chi connectivity index (χ3n) is 14.3. The van der Waals surface area contributed by atoms with Crippen LogP contribution in [0.3, 0.4) is 0 Å². The Kier molecular flexibility index (Phi) is 59.3. The zero-order chi connectivity index (χ0) is 59.1. The van der Waals surface area contributed by atoms with Gasteiger partial charge in [-0.1, -0.05) is 272 Å². The second kappa shape index (κ2) is 62.3. The Morgan fingerprint density at radius 3 is 1.05 bits per heavy atom. The molecule has 466 valence electrons. The summed E-state index contributed by atoms with van der Waals surface area (Å²) < 4.78 is 23.0. The second-order valence-corrected chi connectivity index (χ2v) is 23.4. The summed E-state index contributed by atoms with van der Waals surface area (Å²) in [7, 11) is 5.97. The smallest absolute Gasteiger partial charge is 0.361 e. The minimum absolute atomic E-state index is 0.184. The van der Waals surface area contributed by atoms with E-state index in [1.165, 1.54) is 173 Å². The molecule has 0 fully saturated rings. The number of unbranched alkanes of at least 4 members (excludes halogenated alkanes) is 30. The van der Waals surface area contributed by atoms with Crippen LogP contribution in [0, 0.1) is 0 Å². The first-order valence-electron chi connectivity index (χ1n) is 33.4. The molecule has 0 radical (unpaired) electrons. The van der Waals surface area contributed by atoms with Gasteiger partial charge >= 0.3 is 17.9 Å². The number of carbonyl (C=O) groups excluding carboxylic acids is 2. The van der Waals surface area contributed by atoms with Gasteiger partial charge in [-0.25, -0.2) is 4.79 Å². The number of aliphatic carboxylic acids is 1. The number of rotatable bonds is 61. The fraction of sp³-hybridized carbons (Fsp3) is 0.736. The second-order valence-electron chi connectivity index (χ2n) is 23.4. The summed E-state index contributed by atoms with van der Waals surface area (Å²) in [6.07, 6.45) is 82.1. The van der Waals surface area contributed by atoms with Crippen molar-refractivity contribution in [3.05, 3.63) is 97.2 Å². The molecule has 0 aliphatic heterocycles. The molecule has 0 rings (SSSR count). The van der Waals surface area contributed by atoms with Gasteiger partial charge in [0.05, 0.1) is 34.4 Å². The van der Waals surface area contributed by atoms with Crippen molar-refractivity contribution in [1.29, 1.82) is 0 Å². The van der Waals surface area contributed by atoms with Crippen LogP contribution in [0.5, 0.6) is 0 Å². The number of hydrogen-bond acceptors (Lipinski definition) is 7. The maximum atomic E-state index is 12.9. The first-order valence-corrected chi connectivity index (χ1v) is 33.4. The van der Waals surface area contributed by atoms with Crippen molar-refractivity contribution < 1.29 is 42.9 Å². The molecule has 1 N–H and O–H groups in total. The Hall–Kier alpha value is -3.79. The van der Waals surface area contributed by atoms with E-state index in [2.05, 4.69) is 111 Å². The van der Waals surface area contributed by atoms with Gasteiger partial charge in [0.25, 0.3) is 6.29 Å². The maximum Gasteiger partial charge on any atom is 0.361 e. The van der Waals surface area contributed by atoms with E-state index in [0.29, 0.717) is 17.4 Å². The third-order valence-corrected chi connectivity index (χ3v) is 14.3. The highest BCUT2D eigenvalue weighted by molar-refractivity contribution is 5.71. The van der Waals surface area contributed by atoms with E-state index in [9.17, 15) is 19.5 Å². The standard InChI is InChI=1S/C72H125NO8/c1-6-8-10-12-14-16-18-20-22-24-26-28-30-31-32-33-34-35-36-37-38-39-41-43-45-47-49-51-53-55-57-59-61-63-70(75)81-68(67-80-72(71(76)77)78-65-64-73(3,4)5)66-79-69(74)62-60-58-56-54-52-50-48-46-44-42-40-29-27-25-23-21-19-17-15-13-11-9-7-2/h8,10,14,16,19-22,25-28,31-32,34-35,68,72H,6-7,9,11-13,15,17-18,23-24,29-30,33,36-67H2,1-5H3/p+1/b10-8-,16-14-,21-19-,22-20-,27-25-,28-26-,32-31-,35-34-. The van der Waals surface area contributed by atoms with Gasteiger partial charge in [-0.05, 0) is 96.3 Å². The van der Waals surface area contributed by atoms with Crippen LogP contribution in [0.25, 0.3) is 0 Å². The molecule has 0 aromatic heterocycles. The summed E-state index contributed by atoms with van der Waals surface area (Å²) >= 11 is 0. The highest BCUT2D eigenvalue weighted by Crippen LogP contribution is 2.17. The fourth-order valence-electron chi connectivity index (χ4n) is 9.23. The average Bonchev–Trinajstić information content (AvgIpc) is 3.44. The Balaban J connectivity index is 4.15. The number of allylic oxidation sites excluding steroid dienone is 16. The van der Waals surface area contributed by atoms with Gasteiger partial charge in [0.2, 0.25) is 0 Å². The lowest BCUT2D eigenvalue weighted by Gasteiger charge is -2.25. The van der Waals surface area contributed by atoms with E-state index in [-0.39, 0.29) is 32.2 Å². The molecule has 0 saturated heterocycles. The molecule has 2 atom stereocenters. The van der Waals surface area contributed by atoms with Crippen LogP contribution in [0.2, 0.25) is 0 Å². The zero-order valence-corrected chi connectivity index (χ0v) is 53.2. The number of hydrogen-bond donors (Lipinski definition) is 1. The SMILES string of the molecule is CC/C=C\C/C=C\C/C=C\C/C=C\C/C=C\C/C=C\CCCCCCCCCCCCCCCCC(=O)OC(COC(=O)CCCCCCCCCCCCC/C=C\C/C=C\CCCCCCC)COC(OCC[N+](C)(C)C)C(=O)O. The summed E-state index contributed by atoms with van der Waals surface area (Å²) in [6.45, 7) is 4.77. The van der Waals surface area contributed by atoms with Gasteiger partial charge in [0, 0.05) is 12.8 Å². The number of ether oxygens (including phenoxy) is 4. The molecule has 2 unspecified atom stereocenters. The van der Waals surface area contributed by atoms with E-state index in [1.807, 2.05) is 21.1 Å². The highest BCUT2D eigenvalue weighted by Gasteiger charge is 2.25. The molecule has 0 spiro atoms. The summed E-state index contributed by atoms with van der Waals surface area (Å²) in [4.78, 5) is 37.6. The van der Waals surface area contributed by atoms with E-state index in [0.717, 1.165) is 83.5 Å². The van der Waals surface area contributed by atoms with E-state index < -0.39 is 24.3 Å². The van der Waals surface area contributed by atoms with Gasteiger partial charge in [0.1, 0.15) is 13.2 Å². The average molecular weight is 1130 g/mol. The summed E-state index contributed by atoms with van der Waals surface area (Å²) in [5.41, 5.74) is 0. The van der Waals surface area contributed by atoms with Crippen LogP contribution in [0.4, 0.5) is 0 Å². The first kappa shape index (κ1) is 77.2. The van der Waals surface area contributed by atoms with Crippen LogP contribution < -0.4 is 0 Å². The molecule has 0 amide bonds. The Bertz CT molecular complexity index is 1650. The molecule has 0 bridgehead atoms. The molecule has 0 heterocycles. The van der Waals surface area contributed by atoms with E-state index in [4.69, 9.17) is 18.9 Å². The van der Waals surface area contributed by atoms with Crippen molar-refractivity contribution in [2.75, 3.05) is 47.5 Å². The van der Waals surface area contributed by atoms with Gasteiger partial charge < -0.3 is 28.5 Å². The van der Waals surface area contributed by atoms with Gasteiger partial charge in [-0.3, -0.25) is 9.59 Å². The van der Waals surface area contributed by atoms with Crippen molar-refractivity contribution in [2.24, 2.45) is 0 Å². The minimum atomic E-state index is -1.51. The summed E-state index contributed by atoms with van der Waals surface area (Å²) in [5.74, 6) is -2.00. The topological polar surface area (TPSA) is 108 Å². The molecule has 0 saturated carbocycles. The maximum absolute atomic E-state index is 12.9. The predicted molar refractivity (Wildman–Crippen MR) is 345 cm³/mol. The van der Waals surface area contributed by atoms with Crippen LogP contribution >= 0.6 is 0 Å². The van der Waals surface area contributed by atoms with Crippen molar-refractivity contribution in [3.8, 4) is 0 Å². The van der Waals surface area contributed by atoms with Crippen LogP contribution in [0.15, 0.2) is 97.2 Å². The number of likely N-dealkylation sites (N-methyl/N-ethyl adjacent to an activating group) is 1. The minimum Gasteiger partial charge on any atom is -0.477 e.